The van der Waals surface area contributed by atoms with Crippen LogP contribution >= 0.6 is 23.2 Å². The molecular weight excluding hydrogens is 461 g/mol. The first-order valence-electron chi connectivity index (χ1n) is 8.98. The Hall–Kier alpha value is -3.07. The van der Waals surface area contributed by atoms with Gasteiger partial charge in [0, 0.05) is 39.7 Å². The smallest absolute Gasteiger partial charge is 0.324 e. The third-order valence-electron chi connectivity index (χ3n) is 4.61. The predicted octanol–water partition coefficient (Wildman–Crippen LogP) is 4.61. The van der Waals surface area contributed by atoms with Crippen LogP contribution in [0, 0.1) is 0 Å². The Bertz CT molecular complexity index is 1370. The molecule has 0 aliphatic rings. The van der Waals surface area contributed by atoms with E-state index in [0.29, 0.717) is 0 Å². The van der Waals surface area contributed by atoms with Gasteiger partial charge in [-0.15, -0.1) is 0 Å². The van der Waals surface area contributed by atoms with Gasteiger partial charge in [0.1, 0.15) is 6.54 Å². The van der Waals surface area contributed by atoms with Crippen LogP contribution in [0.3, 0.4) is 0 Å². The number of nitrogens with zero attached hydrogens (tertiary/aromatic N) is 3. The Morgan fingerprint density at radius 1 is 1.00 bits per heavy atom. The van der Waals surface area contributed by atoms with Crippen molar-refractivity contribution >= 4 is 55.8 Å². The van der Waals surface area contributed by atoms with E-state index in [2.05, 4.69) is 4.98 Å². The van der Waals surface area contributed by atoms with Gasteiger partial charge in [0.15, 0.2) is 0 Å². The molecule has 2 heterocycles. The van der Waals surface area contributed by atoms with E-state index < -0.39 is 22.5 Å². The second kappa shape index (κ2) is 8.22. The van der Waals surface area contributed by atoms with Crippen molar-refractivity contribution in [3.8, 4) is 5.69 Å². The number of aliphatic carboxylic acids is 1. The fraction of sp³-hybridized carbons (Fsp3) is 0.0476. The third kappa shape index (κ3) is 4.23. The van der Waals surface area contributed by atoms with E-state index in [1.807, 2.05) is 29.0 Å². The number of carboxylic acids is 1. The van der Waals surface area contributed by atoms with Crippen LogP contribution in [-0.2, 0) is 14.8 Å². The highest BCUT2D eigenvalue weighted by atomic mass is 35.5. The second-order valence-corrected chi connectivity index (χ2v) is 9.38. The normalized spacial score (nSPS) is 11.5. The van der Waals surface area contributed by atoms with Crippen LogP contribution in [0.2, 0.25) is 10.0 Å². The van der Waals surface area contributed by atoms with E-state index in [9.17, 15) is 18.3 Å². The summed E-state index contributed by atoms with van der Waals surface area (Å²) >= 11 is 11.9. The van der Waals surface area contributed by atoms with Crippen LogP contribution in [0.15, 0.2) is 78.1 Å². The molecule has 31 heavy (non-hydrogen) atoms. The molecule has 1 N–H and O–H groups in total. The van der Waals surface area contributed by atoms with Crippen LogP contribution in [0.25, 0.3) is 16.6 Å². The first-order chi connectivity index (χ1) is 14.8. The lowest BCUT2D eigenvalue weighted by atomic mass is 10.2. The zero-order valence-electron chi connectivity index (χ0n) is 15.8. The summed E-state index contributed by atoms with van der Waals surface area (Å²) in [6.07, 6.45) is 5.19. The van der Waals surface area contributed by atoms with Gasteiger partial charge in [-0.25, -0.2) is 8.42 Å². The number of carboxylic acid groups (broad SMARTS) is 1. The zero-order valence-corrected chi connectivity index (χ0v) is 18.1. The van der Waals surface area contributed by atoms with Gasteiger partial charge in [0.25, 0.3) is 10.0 Å². The summed E-state index contributed by atoms with van der Waals surface area (Å²) in [6, 6.07) is 14.3. The lowest BCUT2D eigenvalue weighted by Gasteiger charge is -2.23. The fourth-order valence-electron chi connectivity index (χ4n) is 3.26. The van der Waals surface area contributed by atoms with Crippen molar-refractivity contribution < 1.29 is 18.3 Å². The van der Waals surface area contributed by atoms with E-state index in [0.717, 1.165) is 20.9 Å². The van der Waals surface area contributed by atoms with Gasteiger partial charge >= 0.3 is 5.97 Å². The van der Waals surface area contributed by atoms with Gasteiger partial charge in [-0.2, -0.15) is 0 Å². The summed E-state index contributed by atoms with van der Waals surface area (Å²) in [7, 11) is -4.24. The standard InChI is InChI=1S/C21H15Cl2N3O4S/c22-15-10-16(23)12-19(11-15)31(29,30)26(13-21(27)28)18-1-2-20-14(9-18)5-8-25(20)17-3-6-24-7-4-17/h1-12H,13H2,(H,27,28). The van der Waals surface area contributed by atoms with Crippen molar-refractivity contribution in [1.82, 2.24) is 9.55 Å². The number of halogens is 2. The Kier molecular flexibility index (Phi) is 5.62. The topological polar surface area (TPSA) is 92.5 Å². The maximum Gasteiger partial charge on any atom is 0.324 e. The number of fused-ring (bicyclic) bond motifs is 1. The average molecular weight is 476 g/mol. The molecule has 7 nitrogen and oxygen atoms in total. The number of rotatable bonds is 6. The second-order valence-electron chi connectivity index (χ2n) is 6.64. The van der Waals surface area contributed by atoms with E-state index in [-0.39, 0.29) is 20.6 Å². The van der Waals surface area contributed by atoms with Crippen molar-refractivity contribution in [2.24, 2.45) is 0 Å². The summed E-state index contributed by atoms with van der Waals surface area (Å²) in [5, 5.41) is 10.4. The lowest BCUT2D eigenvalue weighted by Crippen LogP contribution is -2.35. The maximum absolute atomic E-state index is 13.3. The molecule has 2 aromatic carbocycles. The molecular formula is C21H15Cl2N3O4S. The minimum Gasteiger partial charge on any atom is -0.480 e. The third-order valence-corrected chi connectivity index (χ3v) is 6.79. The fourth-order valence-corrected chi connectivity index (χ4v) is 5.39. The molecule has 0 fully saturated rings. The van der Waals surface area contributed by atoms with Crippen molar-refractivity contribution in [3.05, 3.63) is 83.2 Å². The van der Waals surface area contributed by atoms with Gasteiger partial charge in [-0.1, -0.05) is 23.2 Å². The Balaban J connectivity index is 1.82. The van der Waals surface area contributed by atoms with Crippen LogP contribution in [0.4, 0.5) is 5.69 Å². The minimum absolute atomic E-state index is 0.131. The number of anilines is 1. The van der Waals surface area contributed by atoms with Crippen LogP contribution in [-0.4, -0.2) is 35.6 Å². The number of pyridine rings is 1. The summed E-state index contributed by atoms with van der Waals surface area (Å²) in [4.78, 5) is 15.3. The molecule has 4 rings (SSSR count). The highest BCUT2D eigenvalue weighted by Crippen LogP contribution is 2.31. The van der Waals surface area contributed by atoms with Crippen LogP contribution in [0.5, 0.6) is 0 Å². The molecule has 0 spiro atoms. The summed E-state index contributed by atoms with van der Waals surface area (Å²) in [5.74, 6) is -1.30. The largest absolute Gasteiger partial charge is 0.480 e. The first-order valence-corrected chi connectivity index (χ1v) is 11.2. The molecule has 10 heteroatoms. The number of carbonyl (C=O) groups is 1. The molecule has 2 aromatic heterocycles. The number of sulfonamides is 1. The monoisotopic (exact) mass is 475 g/mol. The summed E-state index contributed by atoms with van der Waals surface area (Å²) < 4.78 is 29.3. The first kappa shape index (κ1) is 21.2. The highest BCUT2D eigenvalue weighted by Gasteiger charge is 2.28. The van der Waals surface area contributed by atoms with Gasteiger partial charge in [-0.3, -0.25) is 14.1 Å². The van der Waals surface area contributed by atoms with Crippen molar-refractivity contribution in [3.63, 3.8) is 0 Å². The minimum atomic E-state index is -4.24. The van der Waals surface area contributed by atoms with Crippen LogP contribution in [0.1, 0.15) is 0 Å². The molecule has 0 aliphatic heterocycles. The molecule has 0 unspecified atom stereocenters. The van der Waals surface area contributed by atoms with Crippen LogP contribution < -0.4 is 4.31 Å². The van der Waals surface area contributed by atoms with E-state index in [1.165, 1.54) is 18.2 Å². The number of benzene rings is 2. The Labute approximate surface area is 188 Å². The number of aromatic nitrogens is 2. The van der Waals surface area contributed by atoms with E-state index in [4.69, 9.17) is 23.2 Å². The predicted molar refractivity (Wildman–Crippen MR) is 120 cm³/mol. The van der Waals surface area contributed by atoms with E-state index in [1.54, 1.807) is 30.6 Å². The number of hydrogen-bond donors (Lipinski definition) is 1. The SMILES string of the molecule is O=C(O)CN(c1ccc2c(ccn2-c2ccncc2)c1)S(=O)(=O)c1cc(Cl)cc(Cl)c1. The zero-order chi connectivity index (χ0) is 22.2. The van der Waals surface area contributed by atoms with E-state index >= 15 is 0 Å². The highest BCUT2D eigenvalue weighted by molar-refractivity contribution is 7.92. The van der Waals surface area contributed by atoms with Gasteiger partial charge in [0.05, 0.1) is 16.1 Å². The quantitative estimate of drug-likeness (QED) is 0.439. The molecule has 158 valence electrons. The average Bonchev–Trinajstić information content (AvgIpc) is 3.15. The molecule has 0 amide bonds. The lowest BCUT2D eigenvalue weighted by molar-refractivity contribution is -0.135. The van der Waals surface area contributed by atoms with Crippen molar-refractivity contribution in [2.45, 2.75) is 4.90 Å². The summed E-state index contributed by atoms with van der Waals surface area (Å²) in [5.41, 5.74) is 1.92. The van der Waals surface area contributed by atoms with Gasteiger partial charge in [-0.05, 0) is 54.6 Å². The van der Waals surface area contributed by atoms with Gasteiger partial charge in [0.2, 0.25) is 0 Å². The van der Waals surface area contributed by atoms with Crippen molar-refractivity contribution in [1.29, 1.82) is 0 Å². The summed E-state index contributed by atoms with van der Waals surface area (Å²) in [6.45, 7) is -0.761. The number of hydrogen-bond acceptors (Lipinski definition) is 4. The van der Waals surface area contributed by atoms with Crippen molar-refractivity contribution in [2.75, 3.05) is 10.8 Å². The Morgan fingerprint density at radius 2 is 1.68 bits per heavy atom. The molecule has 0 aliphatic carbocycles. The molecule has 0 radical (unpaired) electrons. The molecule has 0 atom stereocenters. The molecule has 0 saturated heterocycles. The van der Waals surface area contributed by atoms with Gasteiger partial charge < -0.3 is 9.67 Å². The Morgan fingerprint density at radius 3 is 2.32 bits per heavy atom. The molecule has 0 saturated carbocycles. The maximum atomic E-state index is 13.3. The molecule has 4 aromatic rings. The molecule has 0 bridgehead atoms.